The molecule has 1 aromatic heterocycles. The summed E-state index contributed by atoms with van der Waals surface area (Å²) in [4.78, 5) is 13.2. The van der Waals surface area contributed by atoms with Crippen LogP contribution in [0.3, 0.4) is 0 Å². The number of carbonyl (C=O) groups is 1. The fourth-order valence-electron chi connectivity index (χ4n) is 4.19. The van der Waals surface area contributed by atoms with Crippen molar-refractivity contribution in [3.63, 3.8) is 0 Å². The molecule has 0 amide bonds. The van der Waals surface area contributed by atoms with Gasteiger partial charge in [0.2, 0.25) is 6.79 Å². The number of methoxy groups -OCH3 is 2. The minimum Gasteiger partial charge on any atom is -0.496 e. The lowest BCUT2D eigenvalue weighted by Gasteiger charge is -2.18. The van der Waals surface area contributed by atoms with Gasteiger partial charge in [-0.05, 0) is 36.6 Å². The van der Waals surface area contributed by atoms with Crippen molar-refractivity contribution in [3.8, 4) is 23.0 Å². The molecular weight excluding hydrogens is 400 g/mol. The van der Waals surface area contributed by atoms with E-state index in [4.69, 9.17) is 33.8 Å². The van der Waals surface area contributed by atoms with E-state index in [1.165, 1.54) is 5.56 Å². The summed E-state index contributed by atoms with van der Waals surface area (Å²) in [6.07, 6.45) is 1.67. The smallest absolute Gasteiger partial charge is 0.290 e. The predicted octanol–water partition coefficient (Wildman–Crippen LogP) is 3.55. The van der Waals surface area contributed by atoms with Gasteiger partial charge in [0.1, 0.15) is 17.0 Å². The van der Waals surface area contributed by atoms with E-state index in [0.29, 0.717) is 6.42 Å². The number of rotatable bonds is 4. The third kappa shape index (κ3) is 3.65. The Morgan fingerprint density at radius 2 is 1.90 bits per heavy atom. The predicted molar refractivity (Wildman–Crippen MR) is 116 cm³/mol. The quantitative estimate of drug-likeness (QED) is 0.614. The number of benzene rings is 2. The van der Waals surface area contributed by atoms with Gasteiger partial charge in [-0.1, -0.05) is 6.07 Å². The van der Waals surface area contributed by atoms with Gasteiger partial charge in [0, 0.05) is 41.4 Å². The molecule has 0 saturated carbocycles. The molecule has 2 N–H and O–H groups in total. The van der Waals surface area contributed by atoms with Gasteiger partial charge in [0.05, 0.1) is 14.2 Å². The molecule has 5 rings (SSSR count). The van der Waals surface area contributed by atoms with Crippen LogP contribution in [0, 0.1) is 6.92 Å². The molecule has 0 saturated heterocycles. The van der Waals surface area contributed by atoms with Crippen molar-refractivity contribution >= 4 is 23.1 Å². The van der Waals surface area contributed by atoms with Crippen LogP contribution >= 0.6 is 0 Å². The minimum absolute atomic E-state index is 0.250. The van der Waals surface area contributed by atoms with E-state index in [9.17, 15) is 0 Å². The van der Waals surface area contributed by atoms with Crippen molar-refractivity contribution in [1.82, 2.24) is 4.98 Å². The van der Waals surface area contributed by atoms with Crippen LogP contribution in [-0.4, -0.2) is 44.1 Å². The molecule has 2 aromatic carbocycles. The van der Waals surface area contributed by atoms with Crippen LogP contribution in [0.2, 0.25) is 0 Å². The first-order valence-electron chi connectivity index (χ1n) is 9.88. The monoisotopic (exact) mass is 424 g/mol. The number of anilines is 1. The van der Waals surface area contributed by atoms with Crippen molar-refractivity contribution in [2.75, 3.05) is 32.9 Å². The van der Waals surface area contributed by atoms with Crippen LogP contribution in [0.5, 0.6) is 23.0 Å². The first-order chi connectivity index (χ1) is 15.1. The Bertz CT molecular complexity index is 1150. The number of aryl methyl sites for hydroxylation is 1. The topological polar surface area (TPSA) is 99.1 Å². The van der Waals surface area contributed by atoms with Gasteiger partial charge >= 0.3 is 0 Å². The number of pyridine rings is 1. The normalized spacial score (nSPS) is 13.1. The Morgan fingerprint density at radius 3 is 2.65 bits per heavy atom. The van der Waals surface area contributed by atoms with E-state index in [2.05, 4.69) is 18.3 Å². The zero-order valence-electron chi connectivity index (χ0n) is 17.7. The second-order valence-corrected chi connectivity index (χ2v) is 7.18. The van der Waals surface area contributed by atoms with Crippen LogP contribution in [-0.2, 0) is 17.6 Å². The number of fused-ring (bicyclic) bond motifs is 4. The van der Waals surface area contributed by atoms with E-state index in [1.54, 1.807) is 14.2 Å². The van der Waals surface area contributed by atoms with Crippen molar-refractivity contribution in [3.05, 3.63) is 46.6 Å². The van der Waals surface area contributed by atoms with E-state index >= 15 is 0 Å². The summed E-state index contributed by atoms with van der Waals surface area (Å²) in [7, 11) is 3.36. The molecule has 3 heterocycles. The van der Waals surface area contributed by atoms with Crippen molar-refractivity contribution < 1.29 is 28.8 Å². The third-order valence-electron chi connectivity index (χ3n) is 5.53. The highest BCUT2D eigenvalue weighted by Crippen LogP contribution is 2.44. The van der Waals surface area contributed by atoms with Crippen molar-refractivity contribution in [1.29, 1.82) is 0 Å². The average molecular weight is 424 g/mol. The van der Waals surface area contributed by atoms with Crippen molar-refractivity contribution in [2.45, 2.75) is 19.8 Å². The van der Waals surface area contributed by atoms with E-state index in [-0.39, 0.29) is 13.3 Å². The molecule has 0 unspecified atom stereocenters. The second kappa shape index (κ2) is 8.59. The van der Waals surface area contributed by atoms with Crippen LogP contribution < -0.4 is 24.3 Å². The SMILES string of the molecule is COc1cc(OC)c2nc(C)c3c(c2c1Cc1ccc2c(c1)OCO2)NCC3.O=CO. The first kappa shape index (κ1) is 20.6. The number of ether oxygens (including phenoxy) is 4. The molecule has 0 spiro atoms. The molecule has 0 radical (unpaired) electrons. The Labute approximate surface area is 179 Å². The summed E-state index contributed by atoms with van der Waals surface area (Å²) >= 11 is 0. The summed E-state index contributed by atoms with van der Waals surface area (Å²) < 4.78 is 22.4. The average Bonchev–Trinajstić information content (AvgIpc) is 3.44. The maximum absolute atomic E-state index is 8.36. The van der Waals surface area contributed by atoms with Gasteiger partial charge < -0.3 is 29.4 Å². The van der Waals surface area contributed by atoms with Gasteiger partial charge in [-0.3, -0.25) is 4.79 Å². The summed E-state index contributed by atoms with van der Waals surface area (Å²) in [6, 6.07) is 7.99. The number of aromatic nitrogens is 1. The maximum atomic E-state index is 8.36. The van der Waals surface area contributed by atoms with Gasteiger partial charge in [-0.2, -0.15) is 0 Å². The largest absolute Gasteiger partial charge is 0.496 e. The molecule has 8 nitrogen and oxygen atoms in total. The lowest BCUT2D eigenvalue weighted by atomic mass is 9.95. The van der Waals surface area contributed by atoms with E-state index < -0.39 is 0 Å². The number of hydrogen-bond donors (Lipinski definition) is 2. The fraction of sp³-hybridized carbons (Fsp3) is 0.304. The molecule has 162 valence electrons. The standard InChI is InChI=1S/C22H22N2O4.CH2O2/c1-12-14-6-7-23-21(14)20-15(17(25-2)10-19(26-3)22(20)24-12)8-13-4-5-16-18(9-13)28-11-27-16;2-1-3/h4-5,9-10,23H,6-8,11H2,1-3H3;1H,(H,2,3). The van der Waals surface area contributed by atoms with Crippen LogP contribution in [0.1, 0.15) is 22.4 Å². The zero-order chi connectivity index (χ0) is 22.0. The molecule has 8 heteroatoms. The van der Waals surface area contributed by atoms with Crippen LogP contribution in [0.25, 0.3) is 10.9 Å². The Morgan fingerprint density at radius 1 is 1.16 bits per heavy atom. The molecule has 31 heavy (non-hydrogen) atoms. The number of hydrogen-bond acceptors (Lipinski definition) is 7. The molecular formula is C23H24N2O6. The van der Waals surface area contributed by atoms with Gasteiger partial charge in [0.15, 0.2) is 11.5 Å². The summed E-state index contributed by atoms with van der Waals surface area (Å²) in [5.74, 6) is 3.09. The highest BCUT2D eigenvalue weighted by Gasteiger charge is 2.25. The van der Waals surface area contributed by atoms with Gasteiger partial charge in [-0.15, -0.1) is 0 Å². The number of nitrogens with one attached hydrogen (secondary N) is 1. The first-order valence-corrected chi connectivity index (χ1v) is 9.88. The molecule has 0 aliphatic carbocycles. The molecule has 0 fully saturated rings. The Balaban J connectivity index is 0.000000730. The molecule has 0 atom stereocenters. The molecule has 2 aliphatic rings. The van der Waals surface area contributed by atoms with Crippen LogP contribution in [0.4, 0.5) is 5.69 Å². The summed E-state index contributed by atoms with van der Waals surface area (Å²) in [5.41, 5.74) is 6.55. The molecule has 2 aliphatic heterocycles. The lowest BCUT2D eigenvalue weighted by molar-refractivity contribution is -0.122. The number of carboxylic acid groups (broad SMARTS) is 1. The van der Waals surface area contributed by atoms with E-state index in [0.717, 1.165) is 69.4 Å². The van der Waals surface area contributed by atoms with Crippen molar-refractivity contribution in [2.24, 2.45) is 0 Å². The third-order valence-corrected chi connectivity index (χ3v) is 5.53. The Hall–Kier alpha value is -3.68. The second-order valence-electron chi connectivity index (χ2n) is 7.18. The van der Waals surface area contributed by atoms with E-state index in [1.807, 2.05) is 18.2 Å². The molecule has 3 aromatic rings. The fourth-order valence-corrected chi connectivity index (χ4v) is 4.19. The Kier molecular flexibility index (Phi) is 5.70. The summed E-state index contributed by atoms with van der Waals surface area (Å²) in [5, 5.41) is 11.5. The highest BCUT2D eigenvalue weighted by atomic mass is 16.7. The number of nitrogens with zero attached hydrogens (tertiary/aromatic N) is 1. The van der Waals surface area contributed by atoms with Gasteiger partial charge in [0.25, 0.3) is 6.47 Å². The minimum atomic E-state index is -0.250. The van der Waals surface area contributed by atoms with Gasteiger partial charge in [-0.25, -0.2) is 4.98 Å². The zero-order valence-corrected chi connectivity index (χ0v) is 17.7. The summed E-state index contributed by atoms with van der Waals surface area (Å²) in [6.45, 7) is 3.00. The lowest BCUT2D eigenvalue weighted by Crippen LogP contribution is -2.03. The molecule has 0 bridgehead atoms. The van der Waals surface area contributed by atoms with Crippen LogP contribution in [0.15, 0.2) is 24.3 Å². The highest BCUT2D eigenvalue weighted by molar-refractivity contribution is 6.01. The maximum Gasteiger partial charge on any atom is 0.290 e.